The molecule has 1 atom stereocenters. The number of carboxylic acid groups (broad SMARTS) is 1. The van der Waals surface area contributed by atoms with Gasteiger partial charge in [-0.1, -0.05) is 24.3 Å². The van der Waals surface area contributed by atoms with Gasteiger partial charge in [-0.15, -0.1) is 0 Å². The third kappa shape index (κ3) is 3.25. The van der Waals surface area contributed by atoms with Crippen LogP contribution >= 0.6 is 0 Å². The van der Waals surface area contributed by atoms with Crippen LogP contribution in [0.3, 0.4) is 0 Å². The van der Waals surface area contributed by atoms with Crippen molar-refractivity contribution in [3.05, 3.63) is 53.7 Å². The van der Waals surface area contributed by atoms with E-state index in [0.29, 0.717) is 31.9 Å². The first-order valence-corrected chi connectivity index (χ1v) is 10.5. The van der Waals surface area contributed by atoms with E-state index in [4.69, 9.17) is 5.11 Å². The van der Waals surface area contributed by atoms with E-state index in [1.54, 1.807) is 12.1 Å². The lowest BCUT2D eigenvalue weighted by Gasteiger charge is -2.35. The van der Waals surface area contributed by atoms with Crippen LogP contribution in [0.4, 0.5) is 11.5 Å². The molecule has 7 nitrogen and oxygen atoms in total. The summed E-state index contributed by atoms with van der Waals surface area (Å²) in [5.41, 5.74) is 1.80. The molecule has 0 saturated carbocycles. The van der Waals surface area contributed by atoms with Crippen molar-refractivity contribution in [1.29, 1.82) is 0 Å². The number of anilines is 2. The summed E-state index contributed by atoms with van der Waals surface area (Å²) in [7, 11) is -3.49. The van der Waals surface area contributed by atoms with Gasteiger partial charge in [0.05, 0.1) is 10.9 Å². The number of carbonyl (C=O) groups is 1. The highest BCUT2D eigenvalue weighted by Gasteiger charge is 2.38. The van der Waals surface area contributed by atoms with Crippen LogP contribution in [0.5, 0.6) is 0 Å². The van der Waals surface area contributed by atoms with Crippen molar-refractivity contribution >= 4 is 27.5 Å². The predicted molar refractivity (Wildman–Crippen MR) is 103 cm³/mol. The van der Waals surface area contributed by atoms with E-state index in [-0.39, 0.29) is 5.69 Å². The lowest BCUT2D eigenvalue weighted by Crippen LogP contribution is -2.48. The quantitative estimate of drug-likeness (QED) is 0.864. The Morgan fingerprint density at radius 1 is 1.11 bits per heavy atom. The SMILES string of the molecule is O=C(O)c1cccc(N2CCCC(S(=O)(=O)N3CCc4ccccc43)C2)n1. The average Bonchev–Trinajstić information content (AvgIpc) is 3.13. The van der Waals surface area contributed by atoms with E-state index < -0.39 is 21.2 Å². The Balaban J connectivity index is 1.58. The molecule has 4 rings (SSSR count). The zero-order valence-electron chi connectivity index (χ0n) is 14.8. The number of carboxylic acids is 1. The number of hydrogen-bond acceptors (Lipinski definition) is 5. The lowest BCUT2D eigenvalue weighted by molar-refractivity contribution is 0.0690. The summed E-state index contributed by atoms with van der Waals surface area (Å²) in [6.45, 7) is 1.46. The largest absolute Gasteiger partial charge is 0.477 e. The molecular formula is C19H21N3O4S. The Bertz CT molecular complexity index is 976. The fourth-order valence-corrected chi connectivity index (χ4v) is 5.85. The number of fused-ring (bicyclic) bond motifs is 1. The maximum Gasteiger partial charge on any atom is 0.354 e. The van der Waals surface area contributed by atoms with E-state index in [0.717, 1.165) is 24.1 Å². The van der Waals surface area contributed by atoms with Gasteiger partial charge < -0.3 is 10.0 Å². The molecule has 0 bridgehead atoms. The topological polar surface area (TPSA) is 90.8 Å². The zero-order valence-corrected chi connectivity index (χ0v) is 15.6. The van der Waals surface area contributed by atoms with Crippen molar-refractivity contribution in [1.82, 2.24) is 4.98 Å². The van der Waals surface area contributed by atoms with E-state index in [2.05, 4.69) is 4.98 Å². The second-order valence-electron chi connectivity index (χ2n) is 6.89. The monoisotopic (exact) mass is 387 g/mol. The Morgan fingerprint density at radius 3 is 2.74 bits per heavy atom. The first-order chi connectivity index (χ1) is 13.0. The zero-order chi connectivity index (χ0) is 19.0. The number of piperidine rings is 1. The minimum Gasteiger partial charge on any atom is -0.477 e. The maximum atomic E-state index is 13.3. The van der Waals surface area contributed by atoms with Crippen molar-refractivity contribution in [2.75, 3.05) is 28.8 Å². The number of nitrogens with zero attached hydrogens (tertiary/aromatic N) is 3. The van der Waals surface area contributed by atoms with E-state index in [1.807, 2.05) is 29.2 Å². The lowest BCUT2D eigenvalue weighted by atomic mass is 10.1. The van der Waals surface area contributed by atoms with Crippen LogP contribution in [0.1, 0.15) is 28.9 Å². The predicted octanol–water partition coefficient (Wildman–Crippen LogP) is 2.14. The second-order valence-corrected chi connectivity index (χ2v) is 9.03. The molecule has 0 aliphatic carbocycles. The van der Waals surface area contributed by atoms with Gasteiger partial charge in [-0.3, -0.25) is 4.31 Å². The number of aromatic carboxylic acids is 1. The molecule has 1 saturated heterocycles. The van der Waals surface area contributed by atoms with Crippen molar-refractivity contribution in [3.63, 3.8) is 0 Å². The smallest absolute Gasteiger partial charge is 0.354 e. The first-order valence-electron chi connectivity index (χ1n) is 9.01. The summed E-state index contributed by atoms with van der Waals surface area (Å²) in [5, 5.41) is 8.61. The molecule has 2 aliphatic rings. The minimum absolute atomic E-state index is 0.0362. The average molecular weight is 387 g/mol. The number of benzene rings is 1. The van der Waals surface area contributed by atoms with Crippen LogP contribution in [-0.2, 0) is 16.4 Å². The van der Waals surface area contributed by atoms with Crippen molar-refractivity contribution in [2.45, 2.75) is 24.5 Å². The molecule has 27 heavy (non-hydrogen) atoms. The molecule has 0 spiro atoms. The number of para-hydroxylation sites is 1. The number of aromatic nitrogens is 1. The van der Waals surface area contributed by atoms with Gasteiger partial charge in [-0.05, 0) is 43.0 Å². The molecule has 2 aliphatic heterocycles. The molecule has 1 aromatic heterocycles. The van der Waals surface area contributed by atoms with Crippen LogP contribution in [0, 0.1) is 0 Å². The van der Waals surface area contributed by atoms with Crippen LogP contribution in [-0.4, -0.2) is 49.4 Å². The molecule has 1 unspecified atom stereocenters. The van der Waals surface area contributed by atoms with E-state index in [1.165, 1.54) is 10.4 Å². The summed E-state index contributed by atoms with van der Waals surface area (Å²) in [5.74, 6) is -0.580. The van der Waals surface area contributed by atoms with Gasteiger partial charge in [0.25, 0.3) is 0 Å². The summed E-state index contributed by atoms with van der Waals surface area (Å²) in [6.07, 6.45) is 2.04. The Morgan fingerprint density at radius 2 is 1.93 bits per heavy atom. The fourth-order valence-electron chi connectivity index (χ4n) is 3.86. The number of hydrogen-bond donors (Lipinski definition) is 1. The van der Waals surface area contributed by atoms with Gasteiger partial charge in [0.2, 0.25) is 10.0 Å². The molecule has 1 fully saturated rings. The fraction of sp³-hybridized carbons (Fsp3) is 0.368. The Hall–Kier alpha value is -2.61. The highest BCUT2D eigenvalue weighted by molar-refractivity contribution is 7.93. The van der Waals surface area contributed by atoms with Crippen molar-refractivity contribution in [2.24, 2.45) is 0 Å². The molecule has 1 N–H and O–H groups in total. The second kappa shape index (κ2) is 6.84. The van der Waals surface area contributed by atoms with Crippen LogP contribution in [0.15, 0.2) is 42.5 Å². The highest BCUT2D eigenvalue weighted by Crippen LogP contribution is 2.33. The summed E-state index contributed by atoms with van der Waals surface area (Å²) >= 11 is 0. The molecule has 142 valence electrons. The number of sulfonamides is 1. The highest BCUT2D eigenvalue weighted by atomic mass is 32.2. The number of pyridine rings is 1. The number of rotatable bonds is 4. The normalized spacial score (nSPS) is 19.8. The van der Waals surface area contributed by atoms with Crippen LogP contribution in [0.25, 0.3) is 0 Å². The molecule has 0 radical (unpaired) electrons. The van der Waals surface area contributed by atoms with Gasteiger partial charge in [-0.2, -0.15) is 0 Å². The Kier molecular flexibility index (Phi) is 4.51. The summed E-state index contributed by atoms with van der Waals surface area (Å²) in [6, 6.07) is 12.4. The van der Waals surface area contributed by atoms with Crippen molar-refractivity contribution < 1.29 is 18.3 Å². The third-order valence-corrected chi connectivity index (χ3v) is 7.45. The maximum absolute atomic E-state index is 13.3. The van der Waals surface area contributed by atoms with Gasteiger partial charge >= 0.3 is 5.97 Å². The van der Waals surface area contributed by atoms with Gasteiger partial charge in [0, 0.05) is 19.6 Å². The molecule has 2 aromatic rings. The van der Waals surface area contributed by atoms with Gasteiger partial charge in [0.1, 0.15) is 5.82 Å². The molecule has 0 amide bonds. The van der Waals surface area contributed by atoms with E-state index >= 15 is 0 Å². The van der Waals surface area contributed by atoms with Crippen molar-refractivity contribution in [3.8, 4) is 0 Å². The summed E-state index contributed by atoms with van der Waals surface area (Å²) < 4.78 is 28.1. The molecule has 8 heteroatoms. The van der Waals surface area contributed by atoms with E-state index in [9.17, 15) is 13.2 Å². The third-order valence-electron chi connectivity index (χ3n) is 5.23. The van der Waals surface area contributed by atoms with Crippen LogP contribution < -0.4 is 9.21 Å². The standard InChI is InChI=1S/C19H21N3O4S/c23-19(24)16-7-3-9-18(20-16)21-11-4-6-15(13-21)27(25,26)22-12-10-14-5-1-2-8-17(14)22/h1-3,5,7-9,15H,4,6,10-13H2,(H,23,24). The molecule has 1 aromatic carbocycles. The molecular weight excluding hydrogens is 366 g/mol. The van der Waals surface area contributed by atoms with Crippen LogP contribution in [0.2, 0.25) is 0 Å². The first kappa shape index (κ1) is 17.8. The summed E-state index contributed by atoms with van der Waals surface area (Å²) in [4.78, 5) is 17.2. The van der Waals surface area contributed by atoms with Gasteiger partial charge in [0.15, 0.2) is 5.69 Å². The van der Waals surface area contributed by atoms with Gasteiger partial charge in [-0.25, -0.2) is 18.2 Å². The Labute approximate surface area is 158 Å². The minimum atomic E-state index is -3.49. The molecule has 3 heterocycles.